The number of pyridine rings is 1. The molecule has 0 aliphatic carbocycles. The predicted octanol–water partition coefficient (Wildman–Crippen LogP) is 7.35. The standard InChI is InChI=1S/C30H33F3IN8O4P/c1-18(2)16-47(44)17-19-6-7-23(25(12-19)45-4)40-29-36-14-21(30(31,32)33)27(41-29)39-24-9-8-22(38-26(24)28(43)35-3)20-13-37-42(15-20)10-5-11-46-34/h6-9,12-15,18H,5,10-11,16-17H2,1-4H3,(H2-,35,36,39,40,41,43)/p+1. The number of carbonyl (C=O) groups excluding carboxylic acids is 1. The minimum absolute atomic E-state index is 0.00715. The number of ether oxygens (including phenoxy) is 1. The molecular weight excluding hydrogens is 751 g/mol. The van der Waals surface area contributed by atoms with Crippen molar-refractivity contribution in [2.45, 2.75) is 39.2 Å². The van der Waals surface area contributed by atoms with E-state index in [4.69, 9.17) is 7.80 Å². The number of methoxy groups -OCH3 is 1. The molecule has 1 amide bonds. The first-order valence-corrected chi connectivity index (χ1v) is 17.0. The van der Waals surface area contributed by atoms with Crippen LogP contribution >= 0.6 is 30.8 Å². The first-order chi connectivity index (χ1) is 22.4. The fourth-order valence-corrected chi connectivity index (χ4v) is 6.38. The molecule has 17 heteroatoms. The van der Waals surface area contributed by atoms with Gasteiger partial charge in [0.25, 0.3) is 5.91 Å². The summed E-state index contributed by atoms with van der Waals surface area (Å²) >= 11 is 1.82. The summed E-state index contributed by atoms with van der Waals surface area (Å²) < 4.78 is 66.9. The number of alkyl halides is 3. The zero-order valence-corrected chi connectivity index (χ0v) is 29.1. The van der Waals surface area contributed by atoms with Crippen molar-refractivity contribution in [2.75, 3.05) is 37.6 Å². The maximum absolute atomic E-state index is 14.1. The van der Waals surface area contributed by atoms with Gasteiger partial charge in [-0.25, -0.2) is 9.97 Å². The maximum atomic E-state index is 14.1. The van der Waals surface area contributed by atoms with E-state index in [9.17, 15) is 22.5 Å². The first-order valence-electron chi connectivity index (χ1n) is 14.5. The molecule has 0 aliphatic heterocycles. The van der Waals surface area contributed by atoms with Crippen LogP contribution in [0.2, 0.25) is 0 Å². The predicted molar refractivity (Wildman–Crippen MR) is 181 cm³/mol. The summed E-state index contributed by atoms with van der Waals surface area (Å²) in [6, 6.07) is 8.15. The Bertz CT molecular complexity index is 1720. The first kappa shape index (κ1) is 36.0. The van der Waals surface area contributed by atoms with Crippen molar-refractivity contribution in [3.05, 3.63) is 65.7 Å². The second-order valence-corrected chi connectivity index (χ2v) is 13.1. The number of nitrogens with one attached hydrogen (secondary N) is 3. The average molecular weight is 786 g/mol. The Labute approximate surface area is 284 Å². The molecule has 1 atom stereocenters. The molecule has 0 fully saturated rings. The number of carbonyl (C=O) groups is 1. The van der Waals surface area contributed by atoms with Crippen LogP contribution in [0.5, 0.6) is 5.75 Å². The Morgan fingerprint density at radius 1 is 1.11 bits per heavy atom. The SMILES string of the molecule is CNC(=O)c1nc(-c2cnn(CCCOI)c2)ccc1Nc1nc(Nc2ccc(C[P+](=O)CC(C)C)cc2OC)ncc1C(F)(F)F. The summed E-state index contributed by atoms with van der Waals surface area (Å²) in [4.78, 5) is 25.3. The lowest BCUT2D eigenvalue weighted by Crippen LogP contribution is -2.21. The summed E-state index contributed by atoms with van der Waals surface area (Å²) in [5.74, 6) is -0.715. The Hall–Kier alpha value is -3.89. The summed E-state index contributed by atoms with van der Waals surface area (Å²) in [6.07, 6.45) is 0.869. The minimum Gasteiger partial charge on any atom is -0.495 e. The number of aryl methyl sites for hydroxylation is 1. The number of hydrogen-bond acceptors (Lipinski definition) is 10. The maximum Gasteiger partial charge on any atom is 0.421 e. The zero-order chi connectivity index (χ0) is 34.1. The molecule has 0 saturated carbocycles. The lowest BCUT2D eigenvalue weighted by Gasteiger charge is -2.17. The van der Waals surface area contributed by atoms with E-state index in [1.54, 1.807) is 41.3 Å². The fourth-order valence-electron chi connectivity index (χ4n) is 4.52. The van der Waals surface area contributed by atoms with E-state index in [1.807, 2.05) is 36.9 Å². The van der Waals surface area contributed by atoms with E-state index in [2.05, 4.69) is 36.0 Å². The van der Waals surface area contributed by atoms with Gasteiger partial charge in [0, 0.05) is 37.1 Å². The third-order valence-corrected chi connectivity index (χ3v) is 8.96. The fraction of sp³-hybridized carbons (Fsp3) is 0.367. The number of nitrogens with zero attached hydrogens (tertiary/aromatic N) is 5. The van der Waals surface area contributed by atoms with Crippen LogP contribution in [0.15, 0.2) is 48.9 Å². The lowest BCUT2D eigenvalue weighted by atomic mass is 10.1. The highest BCUT2D eigenvalue weighted by molar-refractivity contribution is 14.1. The molecule has 0 radical (unpaired) electrons. The monoisotopic (exact) mass is 785 g/mol. The third kappa shape index (κ3) is 9.81. The Morgan fingerprint density at radius 2 is 1.87 bits per heavy atom. The van der Waals surface area contributed by atoms with Crippen LogP contribution in [0.25, 0.3) is 11.3 Å². The van der Waals surface area contributed by atoms with Crippen LogP contribution in [0.4, 0.5) is 36.3 Å². The van der Waals surface area contributed by atoms with Gasteiger partial charge in [0.2, 0.25) is 5.95 Å². The summed E-state index contributed by atoms with van der Waals surface area (Å²) in [6.45, 7) is 5.16. The molecule has 4 rings (SSSR count). The van der Waals surface area contributed by atoms with Crippen molar-refractivity contribution in [3.8, 4) is 17.0 Å². The highest BCUT2D eigenvalue weighted by Crippen LogP contribution is 2.38. The zero-order valence-electron chi connectivity index (χ0n) is 26.1. The van der Waals surface area contributed by atoms with Gasteiger partial charge >= 0.3 is 14.0 Å². The molecule has 47 heavy (non-hydrogen) atoms. The van der Waals surface area contributed by atoms with Crippen molar-refractivity contribution >= 4 is 59.9 Å². The average Bonchev–Trinajstić information content (AvgIpc) is 3.50. The molecule has 3 N–H and O–H groups in total. The molecule has 3 heterocycles. The molecule has 1 aromatic carbocycles. The van der Waals surface area contributed by atoms with E-state index in [1.165, 1.54) is 20.2 Å². The largest absolute Gasteiger partial charge is 0.495 e. The van der Waals surface area contributed by atoms with Crippen molar-refractivity contribution in [2.24, 2.45) is 5.92 Å². The Morgan fingerprint density at radius 3 is 2.55 bits per heavy atom. The topological polar surface area (TPSA) is 145 Å². The second-order valence-electron chi connectivity index (χ2n) is 10.8. The van der Waals surface area contributed by atoms with E-state index in [-0.39, 0.29) is 17.3 Å². The lowest BCUT2D eigenvalue weighted by molar-refractivity contribution is -0.137. The molecule has 250 valence electrons. The summed E-state index contributed by atoms with van der Waals surface area (Å²) in [5.41, 5.74) is 0.895. The summed E-state index contributed by atoms with van der Waals surface area (Å²) in [5, 5.41) is 12.3. The molecule has 4 aromatic rings. The van der Waals surface area contributed by atoms with Crippen molar-refractivity contribution < 1.29 is 30.3 Å². The van der Waals surface area contributed by atoms with Gasteiger partial charge in [0.1, 0.15) is 46.3 Å². The summed E-state index contributed by atoms with van der Waals surface area (Å²) in [7, 11) is 1.39. The van der Waals surface area contributed by atoms with Crippen LogP contribution in [0.3, 0.4) is 0 Å². The van der Waals surface area contributed by atoms with Gasteiger partial charge in [-0.2, -0.15) is 23.3 Å². The highest BCUT2D eigenvalue weighted by atomic mass is 127. The quantitative estimate of drug-likeness (QED) is 0.0636. The van der Waals surface area contributed by atoms with Crippen LogP contribution in [0, 0.1) is 5.92 Å². The second kappa shape index (κ2) is 16.3. The molecule has 1 unspecified atom stereocenters. The number of aromatic nitrogens is 5. The van der Waals surface area contributed by atoms with E-state index < -0.39 is 31.3 Å². The minimum atomic E-state index is -4.82. The number of anilines is 4. The molecule has 0 aliphatic rings. The van der Waals surface area contributed by atoms with E-state index in [0.29, 0.717) is 60.3 Å². The van der Waals surface area contributed by atoms with Gasteiger partial charge in [0.15, 0.2) is 11.9 Å². The Kier molecular flexibility index (Phi) is 12.5. The molecule has 3 aromatic heterocycles. The Balaban J connectivity index is 1.64. The number of rotatable bonds is 15. The van der Waals surface area contributed by atoms with Crippen LogP contribution in [-0.2, 0) is 26.5 Å². The van der Waals surface area contributed by atoms with Crippen molar-refractivity contribution in [1.82, 2.24) is 30.0 Å². The number of amides is 1. The van der Waals surface area contributed by atoms with E-state index >= 15 is 0 Å². The highest BCUT2D eigenvalue weighted by Gasteiger charge is 2.36. The molecular formula is C30H34F3IN8O4P+. The normalized spacial score (nSPS) is 11.8. The molecule has 12 nitrogen and oxygen atoms in total. The number of benzene rings is 1. The smallest absolute Gasteiger partial charge is 0.421 e. The van der Waals surface area contributed by atoms with Crippen molar-refractivity contribution in [3.63, 3.8) is 0 Å². The van der Waals surface area contributed by atoms with Crippen LogP contribution < -0.4 is 20.7 Å². The van der Waals surface area contributed by atoms with Gasteiger partial charge in [0.05, 0.1) is 37.0 Å². The van der Waals surface area contributed by atoms with Gasteiger partial charge in [-0.3, -0.25) is 9.48 Å². The van der Waals surface area contributed by atoms with Gasteiger partial charge in [-0.05, 0) is 36.6 Å². The molecule has 0 bridgehead atoms. The number of hydrogen-bond donors (Lipinski definition) is 3. The molecule has 0 spiro atoms. The van der Waals surface area contributed by atoms with Gasteiger partial charge < -0.3 is 23.8 Å². The van der Waals surface area contributed by atoms with Crippen LogP contribution in [-0.4, -0.2) is 57.6 Å². The third-order valence-electron chi connectivity index (χ3n) is 6.66. The van der Waals surface area contributed by atoms with Gasteiger partial charge in [-0.1, -0.05) is 24.5 Å². The van der Waals surface area contributed by atoms with Gasteiger partial charge in [-0.15, -0.1) is 0 Å². The van der Waals surface area contributed by atoms with Crippen molar-refractivity contribution in [1.29, 1.82) is 0 Å². The van der Waals surface area contributed by atoms with E-state index in [0.717, 1.165) is 12.0 Å². The van der Waals surface area contributed by atoms with Crippen LogP contribution in [0.1, 0.15) is 41.9 Å². The number of halogens is 4. The molecule has 0 saturated heterocycles.